The molecule has 1 fully saturated rings. The lowest BCUT2D eigenvalue weighted by molar-refractivity contribution is 0.0290. The average molecular weight is 264 g/mol. The number of hydrogen-bond acceptors (Lipinski definition) is 4. The maximum Gasteiger partial charge on any atom is 0.122 e. The zero-order chi connectivity index (χ0) is 13.5. The van der Waals surface area contributed by atoms with Crippen LogP contribution < -0.4 is 15.4 Å². The van der Waals surface area contributed by atoms with Crippen LogP contribution in [0.4, 0.5) is 0 Å². The van der Waals surface area contributed by atoms with Crippen LogP contribution in [0.15, 0.2) is 18.2 Å². The van der Waals surface area contributed by atoms with Gasteiger partial charge in [0.2, 0.25) is 0 Å². The van der Waals surface area contributed by atoms with Crippen molar-refractivity contribution in [1.29, 1.82) is 0 Å². The summed E-state index contributed by atoms with van der Waals surface area (Å²) in [6, 6.07) is 6.34. The fourth-order valence-corrected chi connectivity index (χ4v) is 2.27. The van der Waals surface area contributed by atoms with E-state index >= 15 is 0 Å². The molecule has 1 unspecified atom stereocenters. The van der Waals surface area contributed by atoms with E-state index < -0.39 is 0 Å². The number of ether oxygens (including phenoxy) is 2. The highest BCUT2D eigenvalue weighted by atomic mass is 16.5. The van der Waals surface area contributed by atoms with Gasteiger partial charge in [-0.2, -0.15) is 0 Å². The molecular formula is C15H24N2O2. The highest BCUT2D eigenvalue weighted by Crippen LogP contribution is 2.18. The molecule has 0 spiro atoms. The molecule has 4 heteroatoms. The molecular weight excluding hydrogens is 240 g/mol. The molecule has 0 aromatic heterocycles. The van der Waals surface area contributed by atoms with Crippen LogP contribution >= 0.6 is 0 Å². The van der Waals surface area contributed by atoms with Crippen LogP contribution in [0.3, 0.4) is 0 Å². The van der Waals surface area contributed by atoms with Gasteiger partial charge in [-0.05, 0) is 31.0 Å². The molecule has 1 atom stereocenters. The predicted octanol–water partition coefficient (Wildman–Crippen LogP) is 1.47. The number of hydrogen-bond donors (Lipinski definition) is 2. The summed E-state index contributed by atoms with van der Waals surface area (Å²) in [7, 11) is 0. The summed E-state index contributed by atoms with van der Waals surface area (Å²) in [5, 5.41) is 6.78. The van der Waals surface area contributed by atoms with Crippen LogP contribution in [-0.2, 0) is 11.3 Å². The molecule has 4 nitrogen and oxygen atoms in total. The van der Waals surface area contributed by atoms with E-state index in [1.54, 1.807) is 0 Å². The Hall–Kier alpha value is -1.10. The van der Waals surface area contributed by atoms with E-state index in [9.17, 15) is 0 Å². The molecule has 1 saturated heterocycles. The molecule has 0 radical (unpaired) electrons. The molecule has 0 amide bonds. The third-order valence-corrected chi connectivity index (χ3v) is 3.24. The number of aryl methyl sites for hydroxylation is 1. The van der Waals surface area contributed by atoms with Crippen molar-refractivity contribution < 1.29 is 9.47 Å². The molecule has 0 aliphatic carbocycles. The lowest BCUT2D eigenvalue weighted by Gasteiger charge is -2.23. The number of benzene rings is 1. The van der Waals surface area contributed by atoms with Crippen LogP contribution in [0.1, 0.15) is 18.1 Å². The summed E-state index contributed by atoms with van der Waals surface area (Å²) in [6.07, 6.45) is 0.289. The minimum Gasteiger partial charge on any atom is -0.494 e. The molecule has 1 aliphatic rings. The smallest absolute Gasteiger partial charge is 0.122 e. The van der Waals surface area contributed by atoms with Gasteiger partial charge in [0.05, 0.1) is 19.3 Å². The second kappa shape index (κ2) is 7.48. The Bertz CT molecular complexity index is 390. The van der Waals surface area contributed by atoms with E-state index in [1.807, 2.05) is 6.92 Å². The normalized spacial score (nSPS) is 19.4. The van der Waals surface area contributed by atoms with Gasteiger partial charge >= 0.3 is 0 Å². The van der Waals surface area contributed by atoms with E-state index in [0.717, 1.165) is 38.5 Å². The number of nitrogens with one attached hydrogen (secondary N) is 2. The van der Waals surface area contributed by atoms with E-state index in [-0.39, 0.29) is 6.10 Å². The Balaban J connectivity index is 1.77. The van der Waals surface area contributed by atoms with E-state index in [4.69, 9.17) is 9.47 Å². The Morgan fingerprint density at radius 1 is 1.47 bits per heavy atom. The topological polar surface area (TPSA) is 42.5 Å². The summed E-state index contributed by atoms with van der Waals surface area (Å²) in [6.45, 7) is 9.28. The fraction of sp³-hybridized carbons (Fsp3) is 0.600. The lowest BCUT2D eigenvalue weighted by Crippen LogP contribution is -2.43. The Kier molecular flexibility index (Phi) is 5.63. The third-order valence-electron chi connectivity index (χ3n) is 3.24. The molecule has 106 valence electrons. The van der Waals surface area contributed by atoms with Crippen molar-refractivity contribution in [2.75, 3.05) is 32.8 Å². The summed E-state index contributed by atoms with van der Waals surface area (Å²) >= 11 is 0. The molecule has 19 heavy (non-hydrogen) atoms. The fourth-order valence-electron chi connectivity index (χ4n) is 2.27. The Morgan fingerprint density at radius 3 is 3.05 bits per heavy atom. The average Bonchev–Trinajstić information content (AvgIpc) is 2.43. The second-order valence-corrected chi connectivity index (χ2v) is 4.86. The molecule has 0 saturated carbocycles. The van der Waals surface area contributed by atoms with Gasteiger partial charge in [0.25, 0.3) is 0 Å². The monoisotopic (exact) mass is 264 g/mol. The maximum atomic E-state index is 5.65. The van der Waals surface area contributed by atoms with E-state index in [0.29, 0.717) is 6.61 Å². The Labute approximate surface area is 115 Å². The quantitative estimate of drug-likeness (QED) is 0.816. The SMILES string of the molecule is CCOc1ccc(CNCC2CNCCO2)cc1C. The van der Waals surface area contributed by atoms with Gasteiger partial charge in [0.15, 0.2) is 0 Å². The first-order valence-electron chi connectivity index (χ1n) is 7.05. The number of morpholine rings is 1. The van der Waals surface area contributed by atoms with Crippen molar-refractivity contribution in [3.05, 3.63) is 29.3 Å². The van der Waals surface area contributed by atoms with Crippen molar-refractivity contribution in [1.82, 2.24) is 10.6 Å². The number of rotatable bonds is 6. The van der Waals surface area contributed by atoms with Crippen molar-refractivity contribution in [2.24, 2.45) is 0 Å². The highest BCUT2D eigenvalue weighted by Gasteiger charge is 2.12. The van der Waals surface area contributed by atoms with Gasteiger partial charge in [-0.1, -0.05) is 12.1 Å². The molecule has 1 aliphatic heterocycles. The zero-order valence-electron chi connectivity index (χ0n) is 11.9. The zero-order valence-corrected chi connectivity index (χ0v) is 11.9. The van der Waals surface area contributed by atoms with Crippen LogP contribution in [-0.4, -0.2) is 39.0 Å². The van der Waals surface area contributed by atoms with Crippen molar-refractivity contribution in [3.63, 3.8) is 0 Å². The second-order valence-electron chi connectivity index (χ2n) is 4.86. The minimum atomic E-state index is 0.289. The van der Waals surface area contributed by atoms with E-state index in [2.05, 4.69) is 35.8 Å². The summed E-state index contributed by atoms with van der Waals surface area (Å²) in [4.78, 5) is 0. The van der Waals surface area contributed by atoms with Gasteiger partial charge in [-0.3, -0.25) is 0 Å². The maximum absolute atomic E-state index is 5.65. The molecule has 1 aromatic rings. The van der Waals surface area contributed by atoms with Crippen molar-refractivity contribution in [3.8, 4) is 5.75 Å². The lowest BCUT2D eigenvalue weighted by atomic mass is 10.1. The molecule has 1 aromatic carbocycles. The third kappa shape index (κ3) is 4.49. The first kappa shape index (κ1) is 14.3. The van der Waals surface area contributed by atoms with Crippen molar-refractivity contribution >= 4 is 0 Å². The van der Waals surface area contributed by atoms with Gasteiger partial charge < -0.3 is 20.1 Å². The standard InChI is InChI=1S/C15H24N2O2/c1-3-18-15-5-4-13(8-12(15)2)9-17-11-14-10-16-6-7-19-14/h4-5,8,14,16-17H,3,6-7,9-11H2,1-2H3. The molecule has 2 rings (SSSR count). The van der Waals surface area contributed by atoms with Gasteiger partial charge in [-0.25, -0.2) is 0 Å². The first-order chi connectivity index (χ1) is 9.29. The molecule has 1 heterocycles. The summed E-state index contributed by atoms with van der Waals surface area (Å²) < 4.78 is 11.2. The van der Waals surface area contributed by atoms with Gasteiger partial charge in [-0.15, -0.1) is 0 Å². The first-order valence-corrected chi connectivity index (χ1v) is 7.05. The molecule has 0 bridgehead atoms. The largest absolute Gasteiger partial charge is 0.494 e. The van der Waals surface area contributed by atoms with Gasteiger partial charge in [0, 0.05) is 26.2 Å². The van der Waals surface area contributed by atoms with Crippen LogP contribution in [0.5, 0.6) is 5.75 Å². The Morgan fingerprint density at radius 2 is 2.37 bits per heavy atom. The van der Waals surface area contributed by atoms with Crippen LogP contribution in [0.2, 0.25) is 0 Å². The molecule has 2 N–H and O–H groups in total. The predicted molar refractivity (Wildman–Crippen MR) is 76.7 cm³/mol. The summed E-state index contributed by atoms with van der Waals surface area (Å²) in [5.41, 5.74) is 2.47. The van der Waals surface area contributed by atoms with Crippen molar-refractivity contribution in [2.45, 2.75) is 26.5 Å². The van der Waals surface area contributed by atoms with Crippen LogP contribution in [0, 0.1) is 6.92 Å². The van der Waals surface area contributed by atoms with Crippen LogP contribution in [0.25, 0.3) is 0 Å². The van der Waals surface area contributed by atoms with E-state index in [1.165, 1.54) is 11.1 Å². The highest BCUT2D eigenvalue weighted by molar-refractivity contribution is 5.36. The summed E-state index contributed by atoms with van der Waals surface area (Å²) in [5.74, 6) is 0.978. The minimum absolute atomic E-state index is 0.289. The van der Waals surface area contributed by atoms with Gasteiger partial charge in [0.1, 0.15) is 5.75 Å².